The monoisotopic (exact) mass is 527 g/mol. The van der Waals surface area contributed by atoms with Crippen molar-refractivity contribution in [3.8, 4) is 16.9 Å². The van der Waals surface area contributed by atoms with Crippen molar-refractivity contribution in [1.82, 2.24) is 14.8 Å². The molecular formula is C30H29N3O4S. The van der Waals surface area contributed by atoms with Crippen LogP contribution in [0.2, 0.25) is 0 Å². The van der Waals surface area contributed by atoms with E-state index in [0.717, 1.165) is 45.0 Å². The predicted molar refractivity (Wildman–Crippen MR) is 150 cm³/mol. The van der Waals surface area contributed by atoms with Gasteiger partial charge in [-0.25, -0.2) is 4.79 Å². The highest BCUT2D eigenvalue weighted by atomic mass is 32.2. The molecular weight excluding hydrogens is 498 g/mol. The lowest BCUT2D eigenvalue weighted by molar-refractivity contribution is 0.181. The highest BCUT2D eigenvalue weighted by molar-refractivity contribution is 7.98. The zero-order valence-corrected chi connectivity index (χ0v) is 22.2. The van der Waals surface area contributed by atoms with Crippen molar-refractivity contribution in [2.75, 3.05) is 13.7 Å². The quantitative estimate of drug-likeness (QED) is 0.151. The second-order valence-corrected chi connectivity index (χ2v) is 9.70. The smallest absolute Gasteiger partial charge is 0.336 e. The lowest BCUT2D eigenvalue weighted by Crippen LogP contribution is -2.12. The van der Waals surface area contributed by atoms with Crippen LogP contribution in [0.1, 0.15) is 23.9 Å². The summed E-state index contributed by atoms with van der Waals surface area (Å²) in [6.45, 7) is 3.44. The van der Waals surface area contributed by atoms with Gasteiger partial charge in [0.05, 0.1) is 6.61 Å². The third-order valence-electron chi connectivity index (χ3n) is 6.30. The highest BCUT2D eigenvalue weighted by Gasteiger charge is 2.16. The summed E-state index contributed by atoms with van der Waals surface area (Å²) in [4.78, 5) is 12.2. The largest absolute Gasteiger partial charge is 0.485 e. The molecule has 0 atom stereocenters. The number of nitrogens with zero attached hydrogens (tertiary/aromatic N) is 3. The Balaban J connectivity index is 1.37. The number of hydrogen-bond donors (Lipinski definition) is 0. The van der Waals surface area contributed by atoms with Gasteiger partial charge >= 0.3 is 5.63 Å². The van der Waals surface area contributed by atoms with Crippen LogP contribution in [0, 0.1) is 0 Å². The molecule has 5 rings (SSSR count). The summed E-state index contributed by atoms with van der Waals surface area (Å²) in [5.74, 6) is 2.04. The molecule has 0 aliphatic carbocycles. The van der Waals surface area contributed by atoms with Gasteiger partial charge in [-0.2, -0.15) is 0 Å². The average Bonchev–Trinajstić information content (AvgIpc) is 3.35. The second-order valence-electron chi connectivity index (χ2n) is 8.76. The van der Waals surface area contributed by atoms with Crippen molar-refractivity contribution in [3.05, 3.63) is 106 Å². The molecule has 38 heavy (non-hydrogen) atoms. The van der Waals surface area contributed by atoms with Crippen molar-refractivity contribution in [2.24, 2.45) is 0 Å². The number of ether oxygens (including phenoxy) is 2. The summed E-state index contributed by atoms with van der Waals surface area (Å²) < 4.78 is 19.1. The number of thioether (sulfide) groups is 1. The number of methoxy groups -OCH3 is 1. The summed E-state index contributed by atoms with van der Waals surface area (Å²) >= 11 is 1.52. The number of benzene rings is 3. The van der Waals surface area contributed by atoms with Crippen molar-refractivity contribution in [1.29, 1.82) is 0 Å². The van der Waals surface area contributed by atoms with E-state index in [2.05, 4.69) is 35.3 Å². The summed E-state index contributed by atoms with van der Waals surface area (Å²) in [6.07, 6.45) is 0.877. The molecule has 0 aliphatic rings. The Labute approximate surface area is 225 Å². The van der Waals surface area contributed by atoms with Crippen LogP contribution in [0.5, 0.6) is 5.75 Å². The van der Waals surface area contributed by atoms with Gasteiger partial charge in [-0.05, 0) is 35.2 Å². The molecule has 0 N–H and O–H groups in total. The first-order valence-corrected chi connectivity index (χ1v) is 13.5. The number of aromatic nitrogens is 3. The van der Waals surface area contributed by atoms with Crippen LogP contribution in [0.4, 0.5) is 0 Å². The van der Waals surface area contributed by atoms with Crippen LogP contribution in [0.15, 0.2) is 93.2 Å². The zero-order valence-electron chi connectivity index (χ0n) is 21.4. The molecule has 194 valence electrons. The van der Waals surface area contributed by atoms with Gasteiger partial charge in [-0.3, -0.25) is 0 Å². The molecule has 0 fully saturated rings. The molecule has 0 saturated carbocycles. The van der Waals surface area contributed by atoms with E-state index in [4.69, 9.17) is 13.9 Å². The van der Waals surface area contributed by atoms with E-state index in [9.17, 15) is 4.79 Å². The second kappa shape index (κ2) is 12.1. The van der Waals surface area contributed by atoms with Crippen LogP contribution in [0.25, 0.3) is 22.1 Å². The van der Waals surface area contributed by atoms with E-state index >= 15 is 0 Å². The fraction of sp³-hybridized carbons (Fsp3) is 0.233. The lowest BCUT2D eigenvalue weighted by atomic mass is 10.1. The van der Waals surface area contributed by atoms with Crippen molar-refractivity contribution >= 4 is 22.7 Å². The number of hydrogen-bond acceptors (Lipinski definition) is 7. The molecule has 7 nitrogen and oxygen atoms in total. The van der Waals surface area contributed by atoms with E-state index in [1.54, 1.807) is 13.2 Å². The minimum atomic E-state index is -0.353. The van der Waals surface area contributed by atoms with Gasteiger partial charge in [0.25, 0.3) is 0 Å². The Morgan fingerprint density at radius 1 is 0.974 bits per heavy atom. The molecule has 2 heterocycles. The molecule has 5 aromatic rings. The number of para-hydroxylation sites is 1. The number of fused-ring (bicyclic) bond motifs is 1. The van der Waals surface area contributed by atoms with Crippen molar-refractivity contribution in [3.63, 3.8) is 0 Å². The van der Waals surface area contributed by atoms with Gasteiger partial charge in [-0.1, -0.05) is 79.3 Å². The highest BCUT2D eigenvalue weighted by Crippen LogP contribution is 2.31. The molecule has 0 saturated heterocycles. The van der Waals surface area contributed by atoms with E-state index in [1.807, 2.05) is 59.2 Å². The van der Waals surface area contributed by atoms with Crippen LogP contribution in [0.3, 0.4) is 0 Å². The molecule has 0 unspecified atom stereocenters. The number of rotatable bonds is 11. The SMILES string of the molecule is CCc1ccc2c(CSc3nnc(COc4ccccc4-c4ccccc4)n3CCOC)cc(=O)oc2c1. The van der Waals surface area contributed by atoms with E-state index in [1.165, 1.54) is 11.8 Å². The molecule has 0 amide bonds. The fourth-order valence-electron chi connectivity index (χ4n) is 4.29. The molecule has 3 aromatic carbocycles. The van der Waals surface area contributed by atoms with Crippen LogP contribution in [-0.2, 0) is 30.1 Å². The standard InChI is InChI=1S/C30H29N3O4S/c1-3-21-13-14-25-23(18-29(34)37-27(25)17-21)20-38-30-32-31-28(33(30)15-16-35-2)19-36-26-12-8-7-11-24(26)22-9-5-4-6-10-22/h4-14,17-18H,3,15-16,19-20H2,1-2H3. The Hall–Kier alpha value is -3.88. The molecule has 0 bridgehead atoms. The summed E-state index contributed by atoms with van der Waals surface area (Å²) in [5, 5.41) is 10.5. The van der Waals surface area contributed by atoms with Gasteiger partial charge in [0.15, 0.2) is 11.0 Å². The predicted octanol–water partition coefficient (Wildman–Crippen LogP) is 6.13. The molecule has 0 spiro atoms. The fourth-order valence-corrected chi connectivity index (χ4v) is 5.26. The maximum atomic E-state index is 12.2. The van der Waals surface area contributed by atoms with Crippen LogP contribution < -0.4 is 10.4 Å². The van der Waals surface area contributed by atoms with Gasteiger partial charge in [0.2, 0.25) is 0 Å². The topological polar surface area (TPSA) is 79.4 Å². The third-order valence-corrected chi connectivity index (χ3v) is 7.32. The van der Waals surface area contributed by atoms with Gasteiger partial charge in [0, 0.05) is 36.4 Å². The average molecular weight is 528 g/mol. The lowest BCUT2D eigenvalue weighted by Gasteiger charge is -2.13. The van der Waals surface area contributed by atoms with Gasteiger partial charge in [-0.15, -0.1) is 10.2 Å². The van der Waals surface area contributed by atoms with Crippen molar-refractivity contribution < 1.29 is 13.9 Å². The van der Waals surface area contributed by atoms with E-state index in [-0.39, 0.29) is 12.2 Å². The summed E-state index contributed by atoms with van der Waals surface area (Å²) in [7, 11) is 1.67. The minimum Gasteiger partial charge on any atom is -0.485 e. The molecule has 0 aliphatic heterocycles. The van der Waals surface area contributed by atoms with Crippen molar-refractivity contribution in [2.45, 2.75) is 37.4 Å². The van der Waals surface area contributed by atoms with E-state index in [0.29, 0.717) is 30.3 Å². The van der Waals surface area contributed by atoms with Gasteiger partial charge in [0.1, 0.15) is 17.9 Å². The molecule has 2 aromatic heterocycles. The Kier molecular flexibility index (Phi) is 8.21. The molecule has 0 radical (unpaired) electrons. The minimum absolute atomic E-state index is 0.263. The first-order valence-electron chi connectivity index (χ1n) is 12.5. The summed E-state index contributed by atoms with van der Waals surface area (Å²) in [5.41, 5.74) is 4.40. The first kappa shape index (κ1) is 25.8. The molecule has 8 heteroatoms. The van der Waals surface area contributed by atoms with Crippen LogP contribution in [-0.4, -0.2) is 28.5 Å². The zero-order chi connectivity index (χ0) is 26.3. The summed E-state index contributed by atoms with van der Waals surface area (Å²) in [6, 6.07) is 25.7. The number of aryl methyl sites for hydroxylation is 1. The maximum Gasteiger partial charge on any atom is 0.336 e. The normalized spacial score (nSPS) is 11.2. The van der Waals surface area contributed by atoms with Crippen LogP contribution >= 0.6 is 11.8 Å². The first-order chi connectivity index (χ1) is 18.7. The maximum absolute atomic E-state index is 12.2. The van der Waals surface area contributed by atoms with Gasteiger partial charge < -0.3 is 18.5 Å². The third kappa shape index (κ3) is 5.82. The Morgan fingerprint density at radius 3 is 2.61 bits per heavy atom. The Bertz CT molecular complexity index is 1580. The Morgan fingerprint density at radius 2 is 1.79 bits per heavy atom. The van der Waals surface area contributed by atoms with E-state index < -0.39 is 0 Å².